The van der Waals surface area contributed by atoms with E-state index in [0.717, 1.165) is 35.5 Å². The third kappa shape index (κ3) is 2.48. The molecule has 1 aromatic carbocycles. The van der Waals surface area contributed by atoms with Crippen LogP contribution >= 0.6 is 11.6 Å². The van der Waals surface area contributed by atoms with Gasteiger partial charge in [0.25, 0.3) is 0 Å². The summed E-state index contributed by atoms with van der Waals surface area (Å²) in [5.41, 5.74) is 8.50. The van der Waals surface area contributed by atoms with E-state index in [9.17, 15) is 0 Å². The summed E-state index contributed by atoms with van der Waals surface area (Å²) in [5.74, 6) is 1.68. The second kappa shape index (κ2) is 5.40. The molecule has 2 N–H and O–H groups in total. The molecule has 2 rings (SSSR count). The number of fused-ring (bicyclic) bond motifs is 1. The van der Waals surface area contributed by atoms with Crippen molar-refractivity contribution < 1.29 is 0 Å². The molecule has 1 aromatic heterocycles. The number of alkyl halides is 1. The molecule has 18 heavy (non-hydrogen) atoms. The molecule has 0 aliphatic rings. The van der Waals surface area contributed by atoms with Crippen molar-refractivity contribution in [2.45, 2.75) is 26.8 Å². The van der Waals surface area contributed by atoms with Crippen LogP contribution in [0.4, 0.5) is 5.69 Å². The largest absolute Gasteiger partial charge is 0.386 e. The van der Waals surface area contributed by atoms with Gasteiger partial charge in [0, 0.05) is 6.54 Å². The van der Waals surface area contributed by atoms with E-state index in [-0.39, 0.29) is 5.88 Å². The summed E-state index contributed by atoms with van der Waals surface area (Å²) >= 11 is 5.62. The lowest BCUT2D eigenvalue weighted by Crippen LogP contribution is -2.12. The average molecular weight is 265 g/mol. The molecule has 5 heteroatoms. The Hall–Kier alpha value is -1.55. The number of nitrogens with two attached hydrogens (primary N) is 1. The van der Waals surface area contributed by atoms with Gasteiger partial charge in [0.2, 0.25) is 0 Å². The van der Waals surface area contributed by atoms with Gasteiger partial charge in [0.05, 0.1) is 22.6 Å². The van der Waals surface area contributed by atoms with Crippen molar-refractivity contribution in [3.63, 3.8) is 0 Å². The van der Waals surface area contributed by atoms with Crippen LogP contribution < -0.4 is 5.73 Å². The Morgan fingerprint density at radius 3 is 2.94 bits per heavy atom. The molecular formula is C13H17ClN4. The maximum atomic E-state index is 5.62. The van der Waals surface area contributed by atoms with Crippen LogP contribution in [0.1, 0.15) is 19.2 Å². The number of halogens is 1. The minimum atomic E-state index is 0.237. The molecule has 4 nitrogen and oxygen atoms in total. The van der Waals surface area contributed by atoms with Crippen molar-refractivity contribution in [3.8, 4) is 0 Å². The van der Waals surface area contributed by atoms with E-state index < -0.39 is 0 Å². The summed E-state index contributed by atoms with van der Waals surface area (Å²) in [6, 6.07) is 5.91. The molecule has 0 aliphatic heterocycles. The number of rotatable bonds is 4. The maximum absolute atomic E-state index is 5.62. The quantitative estimate of drug-likeness (QED) is 0.524. The zero-order chi connectivity index (χ0) is 13.1. The first kappa shape index (κ1) is 12.9. The lowest BCUT2D eigenvalue weighted by Gasteiger charge is -2.04. The summed E-state index contributed by atoms with van der Waals surface area (Å²) in [5, 5.41) is 0. The van der Waals surface area contributed by atoms with Crippen molar-refractivity contribution in [2.24, 2.45) is 10.7 Å². The number of amidine groups is 1. The van der Waals surface area contributed by atoms with Crippen LogP contribution in [0.25, 0.3) is 11.0 Å². The highest BCUT2D eigenvalue weighted by atomic mass is 35.5. The van der Waals surface area contributed by atoms with Crippen molar-refractivity contribution >= 4 is 34.2 Å². The number of aliphatic imine (C=N–C) groups is 1. The fraction of sp³-hybridized carbons (Fsp3) is 0.385. The van der Waals surface area contributed by atoms with Gasteiger partial charge < -0.3 is 10.3 Å². The summed E-state index contributed by atoms with van der Waals surface area (Å²) in [6.07, 6.45) is 1.09. The first-order valence-corrected chi connectivity index (χ1v) is 6.55. The van der Waals surface area contributed by atoms with E-state index in [1.165, 1.54) is 0 Å². The second-order valence-corrected chi connectivity index (χ2v) is 4.49. The first-order valence-electron chi connectivity index (χ1n) is 6.01. The van der Waals surface area contributed by atoms with E-state index in [1.807, 2.05) is 25.1 Å². The lowest BCUT2D eigenvalue weighted by atomic mass is 10.2. The predicted octanol–water partition coefficient (Wildman–Crippen LogP) is 2.98. The Labute approximate surface area is 111 Å². The van der Waals surface area contributed by atoms with Gasteiger partial charge >= 0.3 is 0 Å². The minimum absolute atomic E-state index is 0.237. The number of imidazole rings is 1. The molecule has 0 fully saturated rings. The van der Waals surface area contributed by atoms with Gasteiger partial charge in [0.1, 0.15) is 11.7 Å². The maximum Gasteiger partial charge on any atom is 0.115 e. The molecule has 0 saturated carbocycles. The van der Waals surface area contributed by atoms with Gasteiger partial charge in [-0.1, -0.05) is 6.92 Å². The molecule has 2 aromatic rings. The zero-order valence-corrected chi connectivity index (χ0v) is 11.4. The number of hydrogen-bond donors (Lipinski definition) is 1. The summed E-state index contributed by atoms with van der Waals surface area (Å²) < 4.78 is 2.22. The molecular weight excluding hydrogens is 248 g/mol. The van der Waals surface area contributed by atoms with Gasteiger partial charge in [-0.15, -0.1) is 11.6 Å². The van der Waals surface area contributed by atoms with Crippen LogP contribution in [0.15, 0.2) is 23.2 Å². The van der Waals surface area contributed by atoms with Gasteiger partial charge in [-0.3, -0.25) is 0 Å². The fourth-order valence-corrected chi connectivity index (χ4v) is 2.07. The van der Waals surface area contributed by atoms with Crippen LogP contribution in [0.2, 0.25) is 0 Å². The molecule has 0 radical (unpaired) electrons. The van der Waals surface area contributed by atoms with E-state index in [1.54, 1.807) is 0 Å². The summed E-state index contributed by atoms with van der Waals surface area (Å²) in [4.78, 5) is 8.77. The van der Waals surface area contributed by atoms with Crippen molar-refractivity contribution in [2.75, 3.05) is 5.88 Å². The number of benzene rings is 1. The van der Waals surface area contributed by atoms with Gasteiger partial charge in [-0.25, -0.2) is 9.98 Å². The SMILES string of the molecule is CCCn1c(C)nc2cc(N=C(N)CCl)ccc21. The Bertz CT molecular complexity index is 586. The smallest absolute Gasteiger partial charge is 0.115 e. The Kier molecular flexibility index (Phi) is 3.87. The van der Waals surface area contributed by atoms with Crippen molar-refractivity contribution in [3.05, 3.63) is 24.0 Å². The molecule has 1 heterocycles. The van der Waals surface area contributed by atoms with E-state index in [2.05, 4.69) is 21.5 Å². The first-order chi connectivity index (χ1) is 8.65. The van der Waals surface area contributed by atoms with Gasteiger partial charge in [-0.05, 0) is 31.5 Å². The van der Waals surface area contributed by atoms with Crippen LogP contribution in [0.5, 0.6) is 0 Å². The normalized spacial score (nSPS) is 12.3. The summed E-state index contributed by atoms with van der Waals surface area (Å²) in [6.45, 7) is 5.16. The minimum Gasteiger partial charge on any atom is -0.386 e. The number of hydrogen-bond acceptors (Lipinski definition) is 2. The number of aromatic nitrogens is 2. The Morgan fingerprint density at radius 2 is 2.28 bits per heavy atom. The van der Waals surface area contributed by atoms with Crippen LogP contribution in [-0.2, 0) is 6.54 Å². The van der Waals surface area contributed by atoms with E-state index in [4.69, 9.17) is 17.3 Å². The Balaban J connectivity index is 2.47. The summed E-state index contributed by atoms with van der Waals surface area (Å²) in [7, 11) is 0. The Morgan fingerprint density at radius 1 is 1.50 bits per heavy atom. The molecule has 0 bridgehead atoms. The lowest BCUT2D eigenvalue weighted by molar-refractivity contribution is 0.676. The molecule has 0 amide bonds. The third-order valence-corrected chi connectivity index (χ3v) is 3.05. The van der Waals surface area contributed by atoms with Crippen LogP contribution in [0, 0.1) is 6.92 Å². The highest BCUT2D eigenvalue weighted by Crippen LogP contribution is 2.22. The fourth-order valence-electron chi connectivity index (χ4n) is 2.01. The van der Waals surface area contributed by atoms with E-state index in [0.29, 0.717) is 5.84 Å². The highest BCUT2D eigenvalue weighted by Gasteiger charge is 2.07. The molecule has 0 saturated heterocycles. The molecule has 0 aliphatic carbocycles. The van der Waals surface area contributed by atoms with Crippen molar-refractivity contribution in [1.29, 1.82) is 0 Å². The van der Waals surface area contributed by atoms with E-state index >= 15 is 0 Å². The predicted molar refractivity (Wildman–Crippen MR) is 76.8 cm³/mol. The molecule has 0 spiro atoms. The van der Waals surface area contributed by atoms with Gasteiger partial charge in [0.15, 0.2) is 0 Å². The zero-order valence-electron chi connectivity index (χ0n) is 10.7. The standard InChI is InChI=1S/C13H17ClN4/c1-3-6-18-9(2)16-11-7-10(4-5-12(11)18)17-13(15)8-14/h4-5,7H,3,6,8H2,1-2H3,(H2,15,17). The van der Waals surface area contributed by atoms with Crippen LogP contribution in [-0.4, -0.2) is 21.3 Å². The van der Waals surface area contributed by atoms with Crippen LogP contribution in [0.3, 0.4) is 0 Å². The monoisotopic (exact) mass is 264 g/mol. The van der Waals surface area contributed by atoms with Gasteiger partial charge in [-0.2, -0.15) is 0 Å². The number of aryl methyl sites for hydroxylation is 2. The van der Waals surface area contributed by atoms with Crippen molar-refractivity contribution in [1.82, 2.24) is 9.55 Å². The number of nitrogens with zero attached hydrogens (tertiary/aromatic N) is 3. The highest BCUT2D eigenvalue weighted by molar-refractivity contribution is 6.28. The molecule has 96 valence electrons. The molecule has 0 atom stereocenters. The second-order valence-electron chi connectivity index (χ2n) is 4.22. The topological polar surface area (TPSA) is 56.2 Å². The molecule has 0 unspecified atom stereocenters. The average Bonchev–Trinajstić information content (AvgIpc) is 2.66. The third-order valence-electron chi connectivity index (χ3n) is 2.78.